The Hall–Kier alpha value is -1.84. The zero-order valence-corrected chi connectivity index (χ0v) is 18.9. The molecule has 5 rings (SSSR count). The summed E-state index contributed by atoms with van der Waals surface area (Å²) in [5.74, 6) is 2.71. The third-order valence-electron chi connectivity index (χ3n) is 9.35. The number of hydrogen-bond acceptors (Lipinski definition) is 2. The van der Waals surface area contributed by atoms with Crippen molar-refractivity contribution in [1.29, 1.82) is 0 Å². The highest BCUT2D eigenvalue weighted by molar-refractivity contribution is 5.78. The SMILES string of the molecule is CC1(C)[C@@H]2CC[C@@]1(C)[C@H](NC(=O)CCn1c(C3CCCCC3)nc3ccccc31)C2. The van der Waals surface area contributed by atoms with E-state index >= 15 is 0 Å². The van der Waals surface area contributed by atoms with E-state index in [0.717, 1.165) is 24.4 Å². The molecule has 3 aliphatic carbocycles. The quantitative estimate of drug-likeness (QED) is 0.680. The van der Waals surface area contributed by atoms with Crippen LogP contribution in [0.1, 0.15) is 90.3 Å². The molecule has 0 radical (unpaired) electrons. The van der Waals surface area contributed by atoms with E-state index in [1.54, 1.807) is 0 Å². The van der Waals surface area contributed by atoms with Gasteiger partial charge in [-0.15, -0.1) is 0 Å². The van der Waals surface area contributed by atoms with E-state index in [2.05, 4.69) is 54.9 Å². The lowest BCUT2D eigenvalue weighted by atomic mass is 9.69. The van der Waals surface area contributed by atoms with Crippen molar-refractivity contribution in [1.82, 2.24) is 14.9 Å². The van der Waals surface area contributed by atoms with Crippen LogP contribution < -0.4 is 5.32 Å². The number of nitrogens with one attached hydrogen (secondary N) is 1. The average Bonchev–Trinajstić information content (AvgIpc) is 3.29. The van der Waals surface area contributed by atoms with Crippen LogP contribution >= 0.6 is 0 Å². The second-order valence-electron chi connectivity index (χ2n) is 10.9. The van der Waals surface area contributed by atoms with Gasteiger partial charge in [-0.1, -0.05) is 52.2 Å². The van der Waals surface area contributed by atoms with Crippen LogP contribution in [0.2, 0.25) is 0 Å². The zero-order chi connectivity index (χ0) is 20.9. The molecular weight excluding hydrogens is 370 g/mol. The Morgan fingerprint density at radius 3 is 2.60 bits per heavy atom. The Kier molecular flexibility index (Phi) is 4.95. The molecule has 1 aromatic carbocycles. The maximum absolute atomic E-state index is 13.0. The standard InChI is InChI=1S/C26H37N3O/c1-25(2)19-13-15-26(25,3)22(17-19)28-23(30)14-16-29-21-12-8-7-11-20(21)27-24(29)18-9-5-4-6-10-18/h7-8,11-12,18-19,22H,4-6,9-10,13-17H2,1-3H3,(H,28,30)/t19-,22-,26+/m1/s1. The van der Waals surface area contributed by atoms with Gasteiger partial charge in [-0.3, -0.25) is 4.79 Å². The molecule has 0 saturated heterocycles. The summed E-state index contributed by atoms with van der Waals surface area (Å²) in [7, 11) is 0. The van der Waals surface area contributed by atoms with Crippen LogP contribution in [0.25, 0.3) is 11.0 Å². The van der Waals surface area contributed by atoms with Crippen LogP contribution in [0.5, 0.6) is 0 Å². The van der Waals surface area contributed by atoms with E-state index in [4.69, 9.17) is 4.98 Å². The summed E-state index contributed by atoms with van der Waals surface area (Å²) >= 11 is 0. The van der Waals surface area contributed by atoms with Crippen molar-refractivity contribution in [2.75, 3.05) is 0 Å². The van der Waals surface area contributed by atoms with Crippen LogP contribution in [0, 0.1) is 16.7 Å². The minimum Gasteiger partial charge on any atom is -0.353 e. The van der Waals surface area contributed by atoms with E-state index in [0.29, 0.717) is 23.8 Å². The van der Waals surface area contributed by atoms with Crippen LogP contribution in [-0.4, -0.2) is 21.5 Å². The number of aromatic nitrogens is 2. The number of carbonyl (C=O) groups excluding carboxylic acids is 1. The molecule has 162 valence electrons. The Labute approximate surface area is 180 Å². The van der Waals surface area contributed by atoms with Crippen LogP contribution in [-0.2, 0) is 11.3 Å². The summed E-state index contributed by atoms with van der Waals surface area (Å²) in [5.41, 5.74) is 2.82. The second kappa shape index (κ2) is 7.39. The van der Waals surface area contributed by atoms with Crippen molar-refractivity contribution in [3.8, 4) is 0 Å². The summed E-state index contributed by atoms with van der Waals surface area (Å²) in [6.45, 7) is 7.94. The first-order valence-electron chi connectivity index (χ1n) is 12.1. The highest BCUT2D eigenvalue weighted by atomic mass is 16.1. The lowest BCUT2D eigenvalue weighted by molar-refractivity contribution is -0.123. The number of rotatable bonds is 5. The van der Waals surface area contributed by atoms with Crippen LogP contribution in [0.3, 0.4) is 0 Å². The molecule has 4 nitrogen and oxygen atoms in total. The number of hydrogen-bond donors (Lipinski definition) is 1. The highest BCUT2D eigenvalue weighted by Crippen LogP contribution is 2.65. The van der Waals surface area contributed by atoms with Gasteiger partial charge in [-0.05, 0) is 61.0 Å². The lowest BCUT2D eigenvalue weighted by Crippen LogP contribution is -2.47. The van der Waals surface area contributed by atoms with Gasteiger partial charge in [0.25, 0.3) is 0 Å². The maximum atomic E-state index is 13.0. The van der Waals surface area contributed by atoms with Crippen molar-refractivity contribution >= 4 is 16.9 Å². The molecule has 30 heavy (non-hydrogen) atoms. The Bertz CT molecular complexity index is 939. The van der Waals surface area contributed by atoms with Gasteiger partial charge < -0.3 is 9.88 Å². The van der Waals surface area contributed by atoms with Crippen LogP contribution in [0.4, 0.5) is 0 Å². The molecule has 3 aliphatic rings. The second-order valence-corrected chi connectivity index (χ2v) is 10.9. The molecular formula is C26H37N3O. The average molecular weight is 408 g/mol. The van der Waals surface area contributed by atoms with Crippen molar-refractivity contribution in [2.45, 2.75) is 97.1 Å². The number of benzene rings is 1. The number of aryl methyl sites for hydroxylation is 1. The van der Waals surface area contributed by atoms with Gasteiger partial charge >= 0.3 is 0 Å². The van der Waals surface area contributed by atoms with Gasteiger partial charge in [0, 0.05) is 24.9 Å². The largest absolute Gasteiger partial charge is 0.353 e. The fourth-order valence-corrected chi connectivity index (χ4v) is 6.90. The lowest BCUT2D eigenvalue weighted by Gasteiger charge is -2.39. The van der Waals surface area contributed by atoms with Crippen LogP contribution in [0.15, 0.2) is 24.3 Å². The Morgan fingerprint density at radius 1 is 1.13 bits per heavy atom. The van der Waals surface area contributed by atoms with Crippen molar-refractivity contribution in [2.24, 2.45) is 16.7 Å². The minimum atomic E-state index is 0.206. The first-order chi connectivity index (χ1) is 14.4. The first kappa shape index (κ1) is 20.1. The number of imidazole rings is 1. The summed E-state index contributed by atoms with van der Waals surface area (Å²) in [6, 6.07) is 8.75. The first-order valence-corrected chi connectivity index (χ1v) is 12.1. The molecule has 0 spiro atoms. The fourth-order valence-electron chi connectivity index (χ4n) is 6.90. The van der Waals surface area contributed by atoms with Crippen molar-refractivity contribution in [3.05, 3.63) is 30.1 Å². The number of amides is 1. The van der Waals surface area contributed by atoms with Gasteiger partial charge in [0.15, 0.2) is 0 Å². The Balaban J connectivity index is 1.31. The predicted molar refractivity (Wildman–Crippen MR) is 121 cm³/mol. The smallest absolute Gasteiger partial charge is 0.222 e. The fraction of sp³-hybridized carbons (Fsp3) is 0.692. The topological polar surface area (TPSA) is 46.9 Å². The van der Waals surface area contributed by atoms with E-state index in [9.17, 15) is 4.79 Å². The third-order valence-corrected chi connectivity index (χ3v) is 9.35. The number of fused-ring (bicyclic) bond motifs is 3. The van der Waals surface area contributed by atoms with Gasteiger partial charge in [-0.2, -0.15) is 0 Å². The normalized spacial score (nSPS) is 30.8. The predicted octanol–water partition coefficient (Wildman–Crippen LogP) is 5.81. The molecule has 0 aliphatic heterocycles. The number of nitrogens with zero attached hydrogens (tertiary/aromatic N) is 2. The molecule has 2 aromatic rings. The molecule has 1 amide bonds. The monoisotopic (exact) mass is 407 g/mol. The number of carbonyl (C=O) groups is 1. The van der Waals surface area contributed by atoms with E-state index in [1.807, 2.05) is 0 Å². The van der Waals surface area contributed by atoms with E-state index in [1.165, 1.54) is 56.3 Å². The molecule has 1 aromatic heterocycles. The van der Waals surface area contributed by atoms with Gasteiger partial charge in [0.2, 0.25) is 5.91 Å². The molecule has 4 heteroatoms. The van der Waals surface area contributed by atoms with Crippen molar-refractivity contribution < 1.29 is 4.79 Å². The zero-order valence-electron chi connectivity index (χ0n) is 18.9. The summed E-state index contributed by atoms with van der Waals surface area (Å²) in [5, 5.41) is 3.44. The van der Waals surface area contributed by atoms with E-state index in [-0.39, 0.29) is 11.3 Å². The molecule has 0 unspecified atom stereocenters. The van der Waals surface area contributed by atoms with Crippen molar-refractivity contribution in [3.63, 3.8) is 0 Å². The maximum Gasteiger partial charge on any atom is 0.222 e. The minimum absolute atomic E-state index is 0.206. The van der Waals surface area contributed by atoms with Gasteiger partial charge in [0.1, 0.15) is 5.82 Å². The highest BCUT2D eigenvalue weighted by Gasteiger charge is 2.61. The Morgan fingerprint density at radius 2 is 1.90 bits per heavy atom. The van der Waals surface area contributed by atoms with Gasteiger partial charge in [-0.25, -0.2) is 4.98 Å². The summed E-state index contributed by atoms with van der Waals surface area (Å²) in [4.78, 5) is 18.0. The molecule has 2 bridgehead atoms. The molecule has 3 saturated carbocycles. The molecule has 1 N–H and O–H groups in total. The van der Waals surface area contributed by atoms with Gasteiger partial charge in [0.05, 0.1) is 11.0 Å². The summed E-state index contributed by atoms with van der Waals surface area (Å²) in [6.07, 6.45) is 10.6. The molecule has 3 fully saturated rings. The van der Waals surface area contributed by atoms with E-state index < -0.39 is 0 Å². The third kappa shape index (κ3) is 3.09. The number of para-hydroxylation sites is 2. The molecule has 3 atom stereocenters. The summed E-state index contributed by atoms with van der Waals surface area (Å²) < 4.78 is 2.34. The molecule has 1 heterocycles.